The molecule has 0 aromatic heterocycles. The normalized spacial score (nSPS) is 17.5. The minimum absolute atomic E-state index is 0. The van der Waals surface area contributed by atoms with Crippen LogP contribution in [0.3, 0.4) is 0 Å². The van der Waals surface area contributed by atoms with Crippen molar-refractivity contribution in [1.82, 2.24) is 10.2 Å². The van der Waals surface area contributed by atoms with E-state index < -0.39 is 16.4 Å². The van der Waals surface area contributed by atoms with Crippen LogP contribution in [-0.4, -0.2) is 36.0 Å². The summed E-state index contributed by atoms with van der Waals surface area (Å²) in [5, 5.41) is 14.3. The SMILES string of the molecule is CCC(C)[C@H](c1ccc(F)c([N+](=O)[O-])c1)N1CCNCC1.Cl.Cl. The van der Waals surface area contributed by atoms with Crippen molar-refractivity contribution < 1.29 is 9.31 Å². The van der Waals surface area contributed by atoms with Gasteiger partial charge in [-0.05, 0) is 17.5 Å². The van der Waals surface area contributed by atoms with Gasteiger partial charge in [0, 0.05) is 38.3 Å². The summed E-state index contributed by atoms with van der Waals surface area (Å²) in [4.78, 5) is 12.6. The van der Waals surface area contributed by atoms with Crippen molar-refractivity contribution in [2.45, 2.75) is 26.3 Å². The van der Waals surface area contributed by atoms with E-state index in [1.807, 2.05) is 0 Å². The highest BCUT2D eigenvalue weighted by Gasteiger charge is 2.28. The number of hydrogen-bond donors (Lipinski definition) is 1. The Labute approximate surface area is 148 Å². The number of nitrogens with one attached hydrogen (secondary N) is 1. The third-order valence-electron chi connectivity index (χ3n) is 4.24. The molecule has 23 heavy (non-hydrogen) atoms. The Hall–Kier alpha value is -0.950. The molecule has 1 N–H and O–H groups in total. The maximum Gasteiger partial charge on any atom is 0.305 e. The lowest BCUT2D eigenvalue weighted by Gasteiger charge is -2.38. The molecule has 2 rings (SSSR count). The number of halogens is 3. The van der Waals surface area contributed by atoms with Gasteiger partial charge in [-0.25, -0.2) is 0 Å². The maximum atomic E-state index is 13.5. The van der Waals surface area contributed by atoms with E-state index in [4.69, 9.17) is 0 Å². The molecular formula is C15H24Cl2FN3O2. The number of hydrogen-bond acceptors (Lipinski definition) is 4. The van der Waals surface area contributed by atoms with Crippen molar-refractivity contribution in [3.8, 4) is 0 Å². The maximum absolute atomic E-state index is 13.5. The predicted molar refractivity (Wildman–Crippen MR) is 94.2 cm³/mol. The third kappa shape index (κ3) is 5.28. The van der Waals surface area contributed by atoms with E-state index in [0.29, 0.717) is 5.92 Å². The number of benzene rings is 1. The molecule has 1 aliphatic rings. The highest BCUT2D eigenvalue weighted by molar-refractivity contribution is 5.85. The van der Waals surface area contributed by atoms with Gasteiger partial charge in [-0.1, -0.05) is 26.3 Å². The molecule has 0 aliphatic carbocycles. The second-order valence-electron chi connectivity index (χ2n) is 5.58. The number of nitrogens with zero attached hydrogens (tertiary/aromatic N) is 2. The first-order chi connectivity index (χ1) is 10.0. The van der Waals surface area contributed by atoms with Crippen molar-refractivity contribution in [3.63, 3.8) is 0 Å². The number of rotatable bonds is 5. The van der Waals surface area contributed by atoms with Crippen LogP contribution in [0, 0.1) is 21.8 Å². The van der Waals surface area contributed by atoms with Crippen LogP contribution in [0.25, 0.3) is 0 Å². The van der Waals surface area contributed by atoms with Crippen LogP contribution in [0.2, 0.25) is 0 Å². The summed E-state index contributed by atoms with van der Waals surface area (Å²) < 4.78 is 13.5. The predicted octanol–water partition coefficient (Wildman–Crippen LogP) is 3.57. The molecule has 2 atom stereocenters. The van der Waals surface area contributed by atoms with E-state index in [2.05, 4.69) is 24.1 Å². The number of piperazine rings is 1. The minimum atomic E-state index is -0.771. The zero-order valence-corrected chi connectivity index (χ0v) is 15.0. The number of nitro groups is 1. The largest absolute Gasteiger partial charge is 0.314 e. The van der Waals surface area contributed by atoms with Crippen molar-refractivity contribution in [2.75, 3.05) is 26.2 Å². The van der Waals surface area contributed by atoms with Crippen molar-refractivity contribution in [1.29, 1.82) is 0 Å². The van der Waals surface area contributed by atoms with Crippen molar-refractivity contribution >= 4 is 30.5 Å². The lowest BCUT2D eigenvalue weighted by atomic mass is 9.90. The van der Waals surface area contributed by atoms with E-state index >= 15 is 0 Å². The topological polar surface area (TPSA) is 58.4 Å². The highest BCUT2D eigenvalue weighted by atomic mass is 35.5. The van der Waals surface area contributed by atoms with Crippen LogP contribution in [0.15, 0.2) is 18.2 Å². The molecule has 0 amide bonds. The van der Waals surface area contributed by atoms with Gasteiger partial charge in [0.1, 0.15) is 0 Å². The third-order valence-corrected chi connectivity index (χ3v) is 4.24. The van der Waals surface area contributed by atoms with Crippen LogP contribution in [0.1, 0.15) is 31.9 Å². The summed E-state index contributed by atoms with van der Waals surface area (Å²) in [6, 6.07) is 4.39. The summed E-state index contributed by atoms with van der Waals surface area (Å²) in [5.74, 6) is -0.417. The zero-order valence-electron chi connectivity index (χ0n) is 13.3. The molecule has 1 aliphatic heterocycles. The fraction of sp³-hybridized carbons (Fsp3) is 0.600. The van der Waals surface area contributed by atoms with Gasteiger partial charge in [0.2, 0.25) is 5.82 Å². The second kappa shape index (κ2) is 10.0. The lowest BCUT2D eigenvalue weighted by Crippen LogP contribution is -2.46. The van der Waals surface area contributed by atoms with Gasteiger partial charge in [0.15, 0.2) is 0 Å². The molecule has 1 heterocycles. The molecule has 1 aromatic rings. The van der Waals surface area contributed by atoms with Crippen LogP contribution in [0.5, 0.6) is 0 Å². The molecule has 0 spiro atoms. The highest BCUT2D eigenvalue weighted by Crippen LogP contribution is 2.33. The summed E-state index contributed by atoms with van der Waals surface area (Å²) in [5.41, 5.74) is 0.398. The standard InChI is InChI=1S/C15H22FN3O2.2ClH/c1-3-11(2)15(18-8-6-17-7-9-18)12-4-5-13(16)14(10-12)19(20)21;;/h4-5,10-11,15,17H,3,6-9H2,1-2H3;2*1H/t11?,15-;;/m1../s1. The van der Waals surface area contributed by atoms with Gasteiger partial charge in [0.05, 0.1) is 4.92 Å². The minimum Gasteiger partial charge on any atom is -0.314 e. The molecule has 0 radical (unpaired) electrons. The fourth-order valence-electron chi connectivity index (χ4n) is 2.94. The summed E-state index contributed by atoms with van der Waals surface area (Å²) in [6.07, 6.45) is 0.972. The van der Waals surface area contributed by atoms with Gasteiger partial charge in [-0.2, -0.15) is 4.39 Å². The zero-order chi connectivity index (χ0) is 15.4. The Bertz CT molecular complexity index is 513. The van der Waals surface area contributed by atoms with Gasteiger partial charge < -0.3 is 5.32 Å². The molecule has 132 valence electrons. The van der Waals surface area contributed by atoms with Gasteiger partial charge >= 0.3 is 5.69 Å². The molecule has 1 fully saturated rings. The smallest absolute Gasteiger partial charge is 0.305 e. The van der Waals surface area contributed by atoms with E-state index in [9.17, 15) is 14.5 Å². The average molecular weight is 368 g/mol. The summed E-state index contributed by atoms with van der Waals surface area (Å²) in [6.45, 7) is 7.88. The number of nitro benzene ring substituents is 1. The Morgan fingerprint density at radius 2 is 1.96 bits per heavy atom. The monoisotopic (exact) mass is 367 g/mol. The van der Waals surface area contributed by atoms with Crippen LogP contribution in [-0.2, 0) is 0 Å². The van der Waals surface area contributed by atoms with E-state index in [1.54, 1.807) is 6.07 Å². The van der Waals surface area contributed by atoms with Crippen molar-refractivity contribution in [3.05, 3.63) is 39.7 Å². The first-order valence-corrected chi connectivity index (χ1v) is 7.43. The fourth-order valence-corrected chi connectivity index (χ4v) is 2.94. The van der Waals surface area contributed by atoms with Crippen LogP contribution in [0.4, 0.5) is 10.1 Å². The second-order valence-corrected chi connectivity index (χ2v) is 5.58. The Morgan fingerprint density at radius 3 is 2.48 bits per heavy atom. The molecule has 8 heteroatoms. The molecule has 1 saturated heterocycles. The van der Waals surface area contributed by atoms with Crippen LogP contribution >= 0.6 is 24.8 Å². The Morgan fingerprint density at radius 1 is 1.35 bits per heavy atom. The quantitative estimate of drug-likeness (QED) is 0.638. The van der Waals surface area contributed by atoms with Gasteiger partial charge in [0.25, 0.3) is 0 Å². The van der Waals surface area contributed by atoms with E-state index in [0.717, 1.165) is 38.2 Å². The lowest BCUT2D eigenvalue weighted by molar-refractivity contribution is -0.387. The molecule has 5 nitrogen and oxygen atoms in total. The van der Waals surface area contributed by atoms with Crippen LogP contribution < -0.4 is 5.32 Å². The molecule has 1 unspecified atom stereocenters. The molecular weight excluding hydrogens is 344 g/mol. The van der Waals surface area contributed by atoms with E-state index in [-0.39, 0.29) is 30.9 Å². The molecule has 0 saturated carbocycles. The van der Waals surface area contributed by atoms with Crippen molar-refractivity contribution in [2.24, 2.45) is 5.92 Å². The Kier molecular flexibility index (Phi) is 9.61. The summed E-state index contributed by atoms with van der Waals surface area (Å²) in [7, 11) is 0. The van der Waals surface area contributed by atoms with Gasteiger partial charge in [-0.15, -0.1) is 24.8 Å². The Balaban J connectivity index is 0.00000242. The molecule has 1 aromatic carbocycles. The van der Waals surface area contributed by atoms with Gasteiger partial charge in [-0.3, -0.25) is 15.0 Å². The first kappa shape index (κ1) is 22.1. The average Bonchev–Trinajstić information content (AvgIpc) is 2.49. The first-order valence-electron chi connectivity index (χ1n) is 7.43. The van der Waals surface area contributed by atoms with E-state index in [1.165, 1.54) is 12.1 Å². The summed E-state index contributed by atoms with van der Waals surface area (Å²) >= 11 is 0. The molecule has 0 bridgehead atoms.